The van der Waals surface area contributed by atoms with Crippen LogP contribution >= 0.6 is 11.6 Å². The minimum Gasteiger partial charge on any atom is -0.508 e. The molecule has 100 valence electrons. The first-order valence-corrected chi connectivity index (χ1v) is 6.47. The van der Waals surface area contributed by atoms with Crippen molar-refractivity contribution in [3.8, 4) is 17.6 Å². The lowest BCUT2D eigenvalue weighted by Gasteiger charge is -2.13. The number of hydrogen-bond acceptors (Lipinski definition) is 4. The molecule has 1 unspecified atom stereocenters. The van der Waals surface area contributed by atoms with E-state index in [-0.39, 0.29) is 11.8 Å². The Morgan fingerprint density at radius 1 is 1.30 bits per heavy atom. The second-order valence-corrected chi connectivity index (χ2v) is 4.94. The largest absolute Gasteiger partial charge is 0.508 e. The van der Waals surface area contributed by atoms with Crippen LogP contribution in [-0.2, 0) is 0 Å². The fraction of sp³-hybridized carbons (Fsp3) is 0.133. The second kappa shape index (κ2) is 4.95. The number of nitrogens with one attached hydrogen (secondary N) is 1. The van der Waals surface area contributed by atoms with Gasteiger partial charge in [0, 0.05) is 17.3 Å². The normalized spacial score (nSPS) is 16.1. The molecule has 4 nitrogen and oxygen atoms in total. The van der Waals surface area contributed by atoms with Crippen molar-refractivity contribution in [2.24, 2.45) is 0 Å². The number of nitriles is 1. The zero-order valence-corrected chi connectivity index (χ0v) is 11.2. The van der Waals surface area contributed by atoms with E-state index in [9.17, 15) is 5.11 Å². The molecule has 2 N–H and O–H groups in total. The Hall–Kier alpha value is -2.38. The summed E-state index contributed by atoms with van der Waals surface area (Å²) in [6.07, 6.45) is 0. The fourth-order valence-corrected chi connectivity index (χ4v) is 2.38. The van der Waals surface area contributed by atoms with E-state index in [0.717, 1.165) is 11.3 Å². The van der Waals surface area contributed by atoms with Gasteiger partial charge in [-0.25, -0.2) is 0 Å². The highest BCUT2D eigenvalue weighted by molar-refractivity contribution is 6.31. The lowest BCUT2D eigenvalue weighted by atomic mass is 10.1. The highest BCUT2D eigenvalue weighted by Gasteiger charge is 2.24. The maximum Gasteiger partial charge on any atom is 0.128 e. The summed E-state index contributed by atoms with van der Waals surface area (Å²) in [7, 11) is 0. The van der Waals surface area contributed by atoms with Gasteiger partial charge < -0.3 is 15.2 Å². The van der Waals surface area contributed by atoms with Crippen molar-refractivity contribution in [1.29, 1.82) is 5.26 Å². The molecule has 1 heterocycles. The monoisotopic (exact) mass is 286 g/mol. The Bertz CT molecular complexity index is 710. The smallest absolute Gasteiger partial charge is 0.128 e. The van der Waals surface area contributed by atoms with Crippen LogP contribution < -0.4 is 10.1 Å². The molecule has 1 aliphatic heterocycles. The minimum absolute atomic E-state index is 0.0154. The molecule has 2 aromatic rings. The molecule has 1 atom stereocenters. The number of benzene rings is 2. The summed E-state index contributed by atoms with van der Waals surface area (Å²) in [5.74, 6) is 0.861. The van der Waals surface area contributed by atoms with Gasteiger partial charge in [0.1, 0.15) is 24.2 Å². The van der Waals surface area contributed by atoms with Gasteiger partial charge in [0.05, 0.1) is 16.6 Å². The van der Waals surface area contributed by atoms with E-state index in [1.54, 1.807) is 24.3 Å². The van der Waals surface area contributed by atoms with Gasteiger partial charge >= 0.3 is 0 Å². The number of anilines is 1. The van der Waals surface area contributed by atoms with Crippen molar-refractivity contribution in [2.75, 3.05) is 11.9 Å². The number of ether oxygens (including phenoxy) is 1. The van der Waals surface area contributed by atoms with Gasteiger partial charge in [-0.05, 0) is 30.3 Å². The van der Waals surface area contributed by atoms with Gasteiger partial charge in [0.15, 0.2) is 0 Å². The summed E-state index contributed by atoms with van der Waals surface area (Å²) in [5.41, 5.74) is 2.22. The first-order valence-electron chi connectivity index (χ1n) is 6.09. The molecule has 1 aliphatic rings. The average Bonchev–Trinajstić information content (AvgIpc) is 2.83. The first kappa shape index (κ1) is 12.6. The van der Waals surface area contributed by atoms with Gasteiger partial charge in [0.2, 0.25) is 0 Å². The third-order valence-corrected chi connectivity index (χ3v) is 3.54. The molecule has 0 aliphatic carbocycles. The Kier molecular flexibility index (Phi) is 3.13. The summed E-state index contributed by atoms with van der Waals surface area (Å²) >= 11 is 5.91. The van der Waals surface area contributed by atoms with Crippen LogP contribution in [-0.4, -0.2) is 11.7 Å². The quantitative estimate of drug-likeness (QED) is 0.887. The van der Waals surface area contributed by atoms with Gasteiger partial charge in [-0.2, -0.15) is 5.26 Å². The molecule has 5 heteroatoms. The third-order valence-electron chi connectivity index (χ3n) is 3.21. The lowest BCUT2D eigenvalue weighted by Crippen LogP contribution is -2.11. The predicted molar refractivity (Wildman–Crippen MR) is 76.1 cm³/mol. The van der Waals surface area contributed by atoms with E-state index < -0.39 is 0 Å². The van der Waals surface area contributed by atoms with Crippen molar-refractivity contribution in [3.63, 3.8) is 0 Å². The van der Waals surface area contributed by atoms with Gasteiger partial charge in [-0.1, -0.05) is 11.6 Å². The second-order valence-electron chi connectivity index (χ2n) is 4.54. The van der Waals surface area contributed by atoms with Gasteiger partial charge in [0.25, 0.3) is 0 Å². The van der Waals surface area contributed by atoms with E-state index in [4.69, 9.17) is 21.6 Å². The summed E-state index contributed by atoms with van der Waals surface area (Å²) in [6.45, 7) is 0.475. The standard InChI is InChI=1S/C15H11ClN2O2/c16-13-4-1-10(5-9(13)7-17)18-14-8-20-15-6-11(19)2-3-12(14)15/h1-6,14,18-19H,8H2. The van der Waals surface area contributed by atoms with Crippen LogP contribution in [0, 0.1) is 11.3 Å². The van der Waals surface area contributed by atoms with Crippen LogP contribution in [0.5, 0.6) is 11.5 Å². The van der Waals surface area contributed by atoms with Crippen molar-refractivity contribution < 1.29 is 9.84 Å². The van der Waals surface area contributed by atoms with E-state index in [1.807, 2.05) is 12.1 Å². The molecule has 20 heavy (non-hydrogen) atoms. The van der Waals surface area contributed by atoms with Crippen LogP contribution in [0.1, 0.15) is 17.2 Å². The summed E-state index contributed by atoms with van der Waals surface area (Å²) in [5, 5.41) is 22.1. The van der Waals surface area contributed by atoms with Crippen molar-refractivity contribution in [3.05, 3.63) is 52.5 Å². The summed E-state index contributed by atoms with van der Waals surface area (Å²) < 4.78 is 5.53. The molecule has 2 aromatic carbocycles. The zero-order chi connectivity index (χ0) is 14.1. The highest BCUT2D eigenvalue weighted by atomic mass is 35.5. The number of aromatic hydroxyl groups is 1. The van der Waals surface area contributed by atoms with Crippen molar-refractivity contribution >= 4 is 17.3 Å². The first-order chi connectivity index (χ1) is 9.67. The SMILES string of the molecule is N#Cc1cc(NC2COc3cc(O)ccc32)ccc1Cl. The topological polar surface area (TPSA) is 65.3 Å². The highest BCUT2D eigenvalue weighted by Crippen LogP contribution is 2.37. The van der Waals surface area contributed by atoms with Crippen LogP contribution in [0.2, 0.25) is 5.02 Å². The van der Waals surface area contributed by atoms with Gasteiger partial charge in [-0.3, -0.25) is 0 Å². The van der Waals surface area contributed by atoms with E-state index >= 15 is 0 Å². The molecule has 3 rings (SSSR count). The maximum atomic E-state index is 9.42. The van der Waals surface area contributed by atoms with Crippen molar-refractivity contribution in [1.82, 2.24) is 0 Å². The predicted octanol–water partition coefficient (Wildman–Crippen LogP) is 3.46. The van der Waals surface area contributed by atoms with E-state index in [0.29, 0.717) is 22.9 Å². The molecule has 0 fully saturated rings. The number of phenols is 1. The molecule has 0 radical (unpaired) electrons. The van der Waals surface area contributed by atoms with Crippen LogP contribution in [0.4, 0.5) is 5.69 Å². The molecule has 0 aromatic heterocycles. The van der Waals surface area contributed by atoms with Crippen LogP contribution in [0.25, 0.3) is 0 Å². The summed E-state index contributed by atoms with van der Waals surface area (Å²) in [4.78, 5) is 0. The van der Waals surface area contributed by atoms with E-state index in [2.05, 4.69) is 11.4 Å². The number of fused-ring (bicyclic) bond motifs is 1. The minimum atomic E-state index is -0.0154. The Morgan fingerprint density at radius 2 is 2.15 bits per heavy atom. The number of hydrogen-bond donors (Lipinski definition) is 2. The summed E-state index contributed by atoms with van der Waals surface area (Å²) in [6, 6.07) is 12.3. The van der Waals surface area contributed by atoms with Crippen LogP contribution in [0.15, 0.2) is 36.4 Å². The zero-order valence-electron chi connectivity index (χ0n) is 10.4. The number of phenolic OH excluding ortho intramolecular Hbond substituents is 1. The van der Waals surface area contributed by atoms with Gasteiger partial charge in [-0.15, -0.1) is 0 Å². The Labute approximate surface area is 121 Å². The van der Waals surface area contributed by atoms with E-state index in [1.165, 1.54) is 0 Å². The number of halogens is 1. The molecule has 0 bridgehead atoms. The molecule has 0 spiro atoms. The van der Waals surface area contributed by atoms with Crippen LogP contribution in [0.3, 0.4) is 0 Å². The van der Waals surface area contributed by atoms with Crippen molar-refractivity contribution in [2.45, 2.75) is 6.04 Å². The molecule has 0 amide bonds. The fourth-order valence-electron chi connectivity index (χ4n) is 2.22. The maximum absolute atomic E-state index is 9.42. The molecule has 0 saturated heterocycles. The molecular formula is C15H11ClN2O2. The Morgan fingerprint density at radius 3 is 2.95 bits per heavy atom. The molecular weight excluding hydrogens is 276 g/mol. The molecule has 0 saturated carbocycles. The third kappa shape index (κ3) is 2.24. The Balaban J connectivity index is 1.86. The average molecular weight is 287 g/mol. The lowest BCUT2D eigenvalue weighted by molar-refractivity contribution is 0.338. The number of nitrogens with zero attached hydrogens (tertiary/aromatic N) is 1. The number of rotatable bonds is 2.